The minimum Gasteiger partial charge on any atom is -0.455 e. The number of rotatable bonds is 5. The Morgan fingerprint density at radius 1 is 0.294 bits per heavy atom. The van der Waals surface area contributed by atoms with Crippen molar-refractivity contribution in [3.8, 4) is 56.4 Å². The van der Waals surface area contributed by atoms with Gasteiger partial charge in [-0.2, -0.15) is 0 Å². The summed E-state index contributed by atoms with van der Waals surface area (Å²) in [6.45, 7) is 0. The van der Waals surface area contributed by atoms with Crippen LogP contribution in [0.4, 0.5) is 0 Å². The SMILES string of the molecule is c1ccc(-c2ccc(-c3nc(-c4ccc5ccccc5c4)nc(-c4cc(-c5ccccc5)c5oc6c7ccccc7ccc6c5c4)n3)cc2)cc1. The Morgan fingerprint density at radius 3 is 1.61 bits per heavy atom. The van der Waals surface area contributed by atoms with Crippen molar-refractivity contribution in [3.05, 3.63) is 176 Å². The minimum absolute atomic E-state index is 0.601. The van der Waals surface area contributed by atoms with Crippen LogP contribution in [0.2, 0.25) is 0 Å². The molecule has 2 heterocycles. The summed E-state index contributed by atoms with van der Waals surface area (Å²) < 4.78 is 6.76. The lowest BCUT2D eigenvalue weighted by atomic mass is 9.98. The molecule has 0 unspecified atom stereocenters. The molecule has 0 aliphatic rings. The molecular weight excluding hydrogens is 623 g/mol. The maximum absolute atomic E-state index is 6.76. The Bertz CT molecular complexity index is 2900. The van der Waals surface area contributed by atoms with Crippen molar-refractivity contribution in [2.24, 2.45) is 0 Å². The third kappa shape index (κ3) is 5.13. The Kier molecular flexibility index (Phi) is 6.78. The molecule has 0 atom stereocenters. The van der Waals surface area contributed by atoms with Gasteiger partial charge >= 0.3 is 0 Å². The molecule has 0 spiro atoms. The fourth-order valence-corrected chi connectivity index (χ4v) is 7.10. The van der Waals surface area contributed by atoms with Gasteiger partial charge in [-0.3, -0.25) is 0 Å². The summed E-state index contributed by atoms with van der Waals surface area (Å²) in [7, 11) is 0. The van der Waals surface area contributed by atoms with Crippen LogP contribution in [0.3, 0.4) is 0 Å². The zero-order chi connectivity index (χ0) is 33.7. The second-order valence-electron chi connectivity index (χ2n) is 12.8. The smallest absolute Gasteiger partial charge is 0.164 e. The highest BCUT2D eigenvalue weighted by atomic mass is 16.3. The van der Waals surface area contributed by atoms with Gasteiger partial charge in [0.05, 0.1) is 0 Å². The van der Waals surface area contributed by atoms with E-state index in [-0.39, 0.29) is 0 Å². The molecule has 10 rings (SSSR count). The van der Waals surface area contributed by atoms with E-state index in [0.29, 0.717) is 17.5 Å². The number of hydrogen-bond acceptors (Lipinski definition) is 4. The lowest BCUT2D eigenvalue weighted by Gasteiger charge is -2.11. The van der Waals surface area contributed by atoms with Crippen LogP contribution in [0, 0.1) is 0 Å². The van der Waals surface area contributed by atoms with Gasteiger partial charge in [0.2, 0.25) is 0 Å². The number of aromatic nitrogens is 3. The van der Waals surface area contributed by atoms with Gasteiger partial charge in [-0.05, 0) is 57.1 Å². The summed E-state index contributed by atoms with van der Waals surface area (Å²) in [6.07, 6.45) is 0. The van der Waals surface area contributed by atoms with Crippen molar-refractivity contribution in [2.45, 2.75) is 0 Å². The molecule has 0 saturated carbocycles. The van der Waals surface area contributed by atoms with Crippen LogP contribution >= 0.6 is 0 Å². The van der Waals surface area contributed by atoms with E-state index in [2.05, 4.69) is 164 Å². The molecule has 10 aromatic rings. The first-order valence-corrected chi connectivity index (χ1v) is 17.1. The molecule has 0 radical (unpaired) electrons. The van der Waals surface area contributed by atoms with Crippen LogP contribution in [0.15, 0.2) is 180 Å². The van der Waals surface area contributed by atoms with Gasteiger partial charge < -0.3 is 4.42 Å². The van der Waals surface area contributed by atoms with E-state index in [9.17, 15) is 0 Å². The summed E-state index contributed by atoms with van der Waals surface area (Å²) in [5, 5.41) is 6.62. The van der Waals surface area contributed by atoms with Crippen LogP contribution in [-0.2, 0) is 0 Å². The first-order valence-electron chi connectivity index (χ1n) is 17.1. The molecule has 0 aliphatic heterocycles. The maximum Gasteiger partial charge on any atom is 0.164 e. The van der Waals surface area contributed by atoms with Crippen molar-refractivity contribution < 1.29 is 4.42 Å². The third-order valence-corrected chi connectivity index (χ3v) is 9.70. The topological polar surface area (TPSA) is 51.8 Å². The summed E-state index contributed by atoms with van der Waals surface area (Å²) in [4.78, 5) is 15.4. The third-order valence-electron chi connectivity index (χ3n) is 9.70. The Morgan fingerprint density at radius 2 is 0.843 bits per heavy atom. The molecule has 0 saturated heterocycles. The Hall–Kier alpha value is -6.91. The van der Waals surface area contributed by atoms with Crippen molar-refractivity contribution >= 4 is 43.5 Å². The average molecular weight is 652 g/mol. The summed E-state index contributed by atoms with van der Waals surface area (Å²) in [5.41, 5.74) is 8.83. The van der Waals surface area contributed by atoms with E-state index in [4.69, 9.17) is 19.4 Å². The fourth-order valence-electron chi connectivity index (χ4n) is 7.10. The second kappa shape index (κ2) is 11.9. The van der Waals surface area contributed by atoms with Gasteiger partial charge in [0.15, 0.2) is 17.5 Å². The predicted octanol–water partition coefficient (Wildman–Crippen LogP) is 12.4. The van der Waals surface area contributed by atoms with Gasteiger partial charge in [-0.1, -0.05) is 152 Å². The molecule has 0 aliphatic carbocycles. The van der Waals surface area contributed by atoms with E-state index in [0.717, 1.165) is 71.5 Å². The molecule has 8 aromatic carbocycles. The van der Waals surface area contributed by atoms with Gasteiger partial charge in [-0.25, -0.2) is 15.0 Å². The van der Waals surface area contributed by atoms with Crippen molar-refractivity contribution in [1.29, 1.82) is 0 Å². The number of fused-ring (bicyclic) bond motifs is 6. The van der Waals surface area contributed by atoms with E-state index in [1.165, 1.54) is 10.9 Å². The van der Waals surface area contributed by atoms with Gasteiger partial charge in [-0.15, -0.1) is 0 Å². The van der Waals surface area contributed by atoms with Crippen LogP contribution in [0.5, 0.6) is 0 Å². The molecule has 0 amide bonds. The van der Waals surface area contributed by atoms with E-state index < -0.39 is 0 Å². The largest absolute Gasteiger partial charge is 0.455 e. The summed E-state index contributed by atoms with van der Waals surface area (Å²) >= 11 is 0. The molecule has 4 heteroatoms. The zero-order valence-corrected chi connectivity index (χ0v) is 27.5. The number of benzene rings is 8. The van der Waals surface area contributed by atoms with Crippen molar-refractivity contribution in [1.82, 2.24) is 15.0 Å². The summed E-state index contributed by atoms with van der Waals surface area (Å²) in [5.74, 6) is 1.84. The molecule has 0 fully saturated rings. The number of furan rings is 1. The van der Waals surface area contributed by atoms with Crippen LogP contribution in [0.25, 0.3) is 99.9 Å². The standard InChI is InChI=1S/C47H29N3O/c1-3-11-30(12-4-1)32-19-22-35(23-20-32)45-48-46(37-24-21-31-13-7-8-17-36(31)27-37)50-47(49-45)38-28-41(33-14-5-2-6-15-33)44-42(29-38)40-26-25-34-16-9-10-18-39(34)43(40)51-44/h1-29H. The van der Waals surface area contributed by atoms with Crippen LogP contribution in [0.1, 0.15) is 0 Å². The Labute approximate surface area is 294 Å². The maximum atomic E-state index is 6.76. The molecule has 51 heavy (non-hydrogen) atoms. The number of nitrogens with zero attached hydrogens (tertiary/aromatic N) is 3. The van der Waals surface area contributed by atoms with Gasteiger partial charge in [0, 0.05) is 38.4 Å². The predicted molar refractivity (Wildman–Crippen MR) is 209 cm³/mol. The first kappa shape index (κ1) is 29.0. The zero-order valence-electron chi connectivity index (χ0n) is 27.5. The molecule has 0 bridgehead atoms. The lowest BCUT2D eigenvalue weighted by Crippen LogP contribution is -2.00. The van der Waals surface area contributed by atoms with E-state index in [1.54, 1.807) is 0 Å². The van der Waals surface area contributed by atoms with Crippen molar-refractivity contribution in [2.75, 3.05) is 0 Å². The van der Waals surface area contributed by atoms with E-state index >= 15 is 0 Å². The summed E-state index contributed by atoms with van der Waals surface area (Å²) in [6, 6.07) is 61.0. The minimum atomic E-state index is 0.601. The molecule has 238 valence electrons. The number of hydrogen-bond donors (Lipinski definition) is 0. The fraction of sp³-hybridized carbons (Fsp3) is 0. The Balaban J connectivity index is 1.21. The second-order valence-corrected chi connectivity index (χ2v) is 12.8. The van der Waals surface area contributed by atoms with Crippen LogP contribution < -0.4 is 0 Å². The van der Waals surface area contributed by atoms with Gasteiger partial charge in [0.25, 0.3) is 0 Å². The molecule has 2 aromatic heterocycles. The molecular formula is C47H29N3O. The highest BCUT2D eigenvalue weighted by Gasteiger charge is 2.19. The van der Waals surface area contributed by atoms with E-state index in [1.807, 2.05) is 12.1 Å². The highest BCUT2D eigenvalue weighted by Crippen LogP contribution is 2.41. The quantitative estimate of drug-likeness (QED) is 0.186. The van der Waals surface area contributed by atoms with Crippen molar-refractivity contribution in [3.63, 3.8) is 0 Å². The molecule has 0 N–H and O–H groups in total. The van der Waals surface area contributed by atoms with Crippen LogP contribution in [-0.4, -0.2) is 15.0 Å². The molecule has 4 nitrogen and oxygen atoms in total. The monoisotopic (exact) mass is 651 g/mol. The van der Waals surface area contributed by atoms with Gasteiger partial charge in [0.1, 0.15) is 11.2 Å². The highest BCUT2D eigenvalue weighted by molar-refractivity contribution is 6.18. The first-order chi connectivity index (χ1) is 25.2. The normalized spacial score (nSPS) is 11.5. The lowest BCUT2D eigenvalue weighted by molar-refractivity contribution is 0.674. The average Bonchev–Trinajstić information content (AvgIpc) is 3.60.